The van der Waals surface area contributed by atoms with Gasteiger partial charge in [-0.1, -0.05) is 24.3 Å². The Balaban J connectivity index is 1.85. The van der Waals surface area contributed by atoms with E-state index in [4.69, 9.17) is 4.42 Å². The Labute approximate surface area is 174 Å². The first-order valence-electron chi connectivity index (χ1n) is 8.97. The van der Waals surface area contributed by atoms with Crippen molar-refractivity contribution in [3.05, 3.63) is 76.8 Å². The molecule has 0 aliphatic carbocycles. The van der Waals surface area contributed by atoms with Crippen LogP contribution in [0.4, 0.5) is 30.7 Å². The summed E-state index contributed by atoms with van der Waals surface area (Å²) in [5.74, 6) is -1.82. The number of aromatic nitrogens is 2. The lowest BCUT2D eigenvalue weighted by molar-refractivity contribution is -0.164. The minimum absolute atomic E-state index is 0.0160. The lowest BCUT2D eigenvalue weighted by Crippen LogP contribution is -2.20. The normalized spacial score (nSPS) is 12.5. The number of hydrogen-bond donors (Lipinski definition) is 0. The van der Waals surface area contributed by atoms with E-state index in [2.05, 4.69) is 5.10 Å². The smallest absolute Gasteiger partial charge is 0.419 e. The van der Waals surface area contributed by atoms with Crippen LogP contribution in [0.2, 0.25) is 0 Å². The first kappa shape index (κ1) is 21.6. The van der Waals surface area contributed by atoms with Crippen LogP contribution in [-0.2, 0) is 18.9 Å². The summed E-state index contributed by atoms with van der Waals surface area (Å²) in [4.78, 5) is 10.9. The van der Waals surface area contributed by atoms with Crippen molar-refractivity contribution in [1.29, 1.82) is 0 Å². The Bertz CT molecular complexity index is 1320. The van der Waals surface area contributed by atoms with Crippen molar-refractivity contribution in [2.45, 2.75) is 18.9 Å². The zero-order valence-corrected chi connectivity index (χ0v) is 15.8. The summed E-state index contributed by atoms with van der Waals surface area (Å²) in [7, 11) is 0. The third kappa shape index (κ3) is 3.74. The highest BCUT2D eigenvalue weighted by Gasteiger charge is 2.46. The van der Waals surface area contributed by atoms with E-state index in [9.17, 15) is 35.5 Å². The van der Waals surface area contributed by atoms with E-state index in [1.54, 1.807) is 24.3 Å². The maximum Gasteiger partial charge on any atom is 0.419 e. The van der Waals surface area contributed by atoms with Gasteiger partial charge in [-0.25, -0.2) is 4.39 Å². The maximum absolute atomic E-state index is 14.7. The molecule has 4 aromatic rings. The molecule has 0 spiro atoms. The first-order valence-corrected chi connectivity index (χ1v) is 8.97. The van der Waals surface area contributed by atoms with Crippen LogP contribution < -0.4 is 0 Å². The van der Waals surface area contributed by atoms with Gasteiger partial charge in [-0.05, 0) is 24.3 Å². The number of carbonyl (C=O) groups is 1. The first-order chi connectivity index (χ1) is 15.0. The number of rotatable bonds is 4. The second-order valence-corrected chi connectivity index (χ2v) is 6.80. The SMILES string of the molecule is O=Cc1ccc(-c2nn(Cc3ccc(C(F)(F)F)c(C(F)(F)F)c3F)c3ccccc23)o1. The third-order valence-electron chi connectivity index (χ3n) is 4.77. The molecule has 0 saturated carbocycles. The number of furan rings is 1. The summed E-state index contributed by atoms with van der Waals surface area (Å²) in [5.41, 5.74) is -4.50. The Morgan fingerprint density at radius 1 is 0.938 bits per heavy atom. The molecular formula is C21H11F7N2O2. The molecule has 0 fully saturated rings. The molecule has 0 radical (unpaired) electrons. The fourth-order valence-corrected chi connectivity index (χ4v) is 3.39. The number of benzene rings is 2. The van der Waals surface area contributed by atoms with Crippen molar-refractivity contribution >= 4 is 17.2 Å². The second kappa shape index (κ2) is 7.50. The molecule has 0 atom stereocenters. The van der Waals surface area contributed by atoms with Gasteiger partial charge >= 0.3 is 12.4 Å². The van der Waals surface area contributed by atoms with Gasteiger partial charge in [-0.15, -0.1) is 0 Å². The number of fused-ring (bicyclic) bond motifs is 1. The highest BCUT2D eigenvalue weighted by atomic mass is 19.4. The molecule has 2 aromatic heterocycles. The van der Waals surface area contributed by atoms with E-state index in [1.807, 2.05) is 0 Å². The predicted octanol–water partition coefficient (Wildman–Crippen LogP) is 6.33. The average molecular weight is 456 g/mol. The van der Waals surface area contributed by atoms with E-state index in [1.165, 1.54) is 12.1 Å². The molecule has 2 aromatic carbocycles. The van der Waals surface area contributed by atoms with Crippen LogP contribution in [0.15, 0.2) is 52.9 Å². The van der Waals surface area contributed by atoms with Gasteiger partial charge in [0, 0.05) is 10.9 Å². The zero-order valence-electron chi connectivity index (χ0n) is 15.8. The van der Waals surface area contributed by atoms with Gasteiger partial charge in [0.25, 0.3) is 0 Å². The van der Waals surface area contributed by atoms with Gasteiger partial charge in [0.1, 0.15) is 17.1 Å². The standard InChI is InChI=1S/C21H11F7N2O2/c22-18-11(5-7-14(20(23,24)25)17(18)21(26,27)28)9-30-15-4-2-1-3-13(15)19(29-30)16-8-6-12(10-31)32-16/h1-8,10H,9H2. The zero-order chi connectivity index (χ0) is 23.3. The van der Waals surface area contributed by atoms with Crippen molar-refractivity contribution in [3.63, 3.8) is 0 Å². The van der Waals surface area contributed by atoms with Crippen LogP contribution in [0.3, 0.4) is 0 Å². The molecule has 4 rings (SSSR count). The van der Waals surface area contributed by atoms with E-state index >= 15 is 0 Å². The molecule has 11 heteroatoms. The molecular weight excluding hydrogens is 445 g/mol. The molecule has 0 saturated heterocycles. The second-order valence-electron chi connectivity index (χ2n) is 6.80. The summed E-state index contributed by atoms with van der Waals surface area (Å²) in [5, 5.41) is 4.73. The number of carbonyl (C=O) groups excluding carboxylic acids is 1. The number of para-hydroxylation sites is 1. The third-order valence-corrected chi connectivity index (χ3v) is 4.77. The van der Waals surface area contributed by atoms with E-state index in [-0.39, 0.29) is 23.3 Å². The van der Waals surface area contributed by atoms with Crippen molar-refractivity contribution in [2.24, 2.45) is 0 Å². The summed E-state index contributed by atoms with van der Waals surface area (Å²) in [6.45, 7) is -0.575. The molecule has 32 heavy (non-hydrogen) atoms. The number of nitrogens with zero attached hydrogens (tertiary/aromatic N) is 2. The molecule has 0 bridgehead atoms. The highest BCUT2D eigenvalue weighted by molar-refractivity contribution is 5.92. The lowest BCUT2D eigenvalue weighted by atomic mass is 10.0. The van der Waals surface area contributed by atoms with Crippen molar-refractivity contribution in [2.75, 3.05) is 0 Å². The molecule has 0 N–H and O–H groups in total. The van der Waals surface area contributed by atoms with E-state index in [0.717, 1.165) is 4.68 Å². The quantitative estimate of drug-likeness (QED) is 0.266. The minimum Gasteiger partial charge on any atom is -0.452 e. The highest BCUT2D eigenvalue weighted by Crippen LogP contribution is 2.42. The topological polar surface area (TPSA) is 48.0 Å². The van der Waals surface area contributed by atoms with Crippen LogP contribution >= 0.6 is 0 Å². The fourth-order valence-electron chi connectivity index (χ4n) is 3.39. The summed E-state index contributed by atoms with van der Waals surface area (Å²) < 4.78 is 100. The number of halogens is 7. The monoisotopic (exact) mass is 456 g/mol. The van der Waals surface area contributed by atoms with Crippen LogP contribution in [-0.4, -0.2) is 16.1 Å². The molecule has 0 unspecified atom stereocenters. The molecule has 166 valence electrons. The Kier molecular flexibility index (Phi) is 5.06. The lowest BCUT2D eigenvalue weighted by Gasteiger charge is -2.18. The van der Waals surface area contributed by atoms with Gasteiger partial charge in [0.15, 0.2) is 17.8 Å². The van der Waals surface area contributed by atoms with E-state index in [0.29, 0.717) is 23.3 Å². The average Bonchev–Trinajstić information content (AvgIpc) is 3.32. The summed E-state index contributed by atoms with van der Waals surface area (Å²) in [6, 6.07) is 10.2. The maximum atomic E-state index is 14.7. The van der Waals surface area contributed by atoms with Gasteiger partial charge in [0.2, 0.25) is 0 Å². The Morgan fingerprint density at radius 3 is 2.28 bits per heavy atom. The van der Waals surface area contributed by atoms with Crippen LogP contribution in [0.25, 0.3) is 22.4 Å². The fraction of sp³-hybridized carbons (Fsp3) is 0.143. The largest absolute Gasteiger partial charge is 0.452 e. The number of hydrogen-bond acceptors (Lipinski definition) is 3. The van der Waals surface area contributed by atoms with Crippen molar-refractivity contribution < 1.29 is 39.9 Å². The summed E-state index contributed by atoms with van der Waals surface area (Å²) in [6.07, 6.45) is -10.5. The van der Waals surface area contributed by atoms with Gasteiger partial charge in [-0.3, -0.25) is 9.48 Å². The molecule has 4 nitrogen and oxygen atoms in total. The summed E-state index contributed by atoms with van der Waals surface area (Å²) >= 11 is 0. The van der Waals surface area contributed by atoms with Crippen LogP contribution in [0, 0.1) is 5.82 Å². The molecule has 0 aliphatic rings. The van der Waals surface area contributed by atoms with Crippen molar-refractivity contribution in [1.82, 2.24) is 9.78 Å². The van der Waals surface area contributed by atoms with Crippen LogP contribution in [0.5, 0.6) is 0 Å². The number of aldehydes is 1. The Hall–Kier alpha value is -3.63. The van der Waals surface area contributed by atoms with Gasteiger partial charge in [-0.2, -0.15) is 31.4 Å². The number of alkyl halides is 6. The molecule has 0 amide bonds. The van der Waals surface area contributed by atoms with Gasteiger partial charge < -0.3 is 4.42 Å². The molecule has 0 aliphatic heterocycles. The Morgan fingerprint density at radius 2 is 1.66 bits per heavy atom. The molecule has 2 heterocycles. The van der Waals surface area contributed by atoms with Crippen molar-refractivity contribution in [3.8, 4) is 11.5 Å². The minimum atomic E-state index is -5.55. The van der Waals surface area contributed by atoms with E-state index < -0.39 is 41.4 Å². The predicted molar refractivity (Wildman–Crippen MR) is 98.3 cm³/mol. The van der Waals surface area contributed by atoms with Gasteiger partial charge in [0.05, 0.1) is 17.6 Å². The van der Waals surface area contributed by atoms with Crippen LogP contribution in [0.1, 0.15) is 27.2 Å².